The van der Waals surface area contributed by atoms with E-state index in [9.17, 15) is 9.90 Å². The third kappa shape index (κ3) is 5.54. The van der Waals surface area contributed by atoms with E-state index in [0.717, 1.165) is 32.1 Å². The minimum Gasteiger partial charge on any atom is -0.458 e. The van der Waals surface area contributed by atoms with E-state index >= 15 is 0 Å². The number of methoxy groups -OCH3 is 1. The molecule has 5 nitrogen and oxygen atoms in total. The molecule has 0 spiro atoms. The number of carbonyl (C=O) groups is 1. The molecule has 2 aliphatic rings. The van der Waals surface area contributed by atoms with Crippen molar-refractivity contribution < 1.29 is 24.1 Å². The quantitative estimate of drug-likeness (QED) is 0.372. The Balaban J connectivity index is 1.68. The number of carbonyl (C=O) groups excluding carboxylic acids is 1. The van der Waals surface area contributed by atoms with Gasteiger partial charge in [-0.25, -0.2) is 4.79 Å². The molecular weight excluding hydrogens is 404 g/mol. The van der Waals surface area contributed by atoms with Gasteiger partial charge in [0, 0.05) is 13.0 Å². The van der Waals surface area contributed by atoms with Crippen LogP contribution in [-0.2, 0) is 14.2 Å². The topological polar surface area (TPSA) is 65.0 Å². The minimum absolute atomic E-state index is 0.0271. The van der Waals surface area contributed by atoms with E-state index in [0.29, 0.717) is 17.4 Å². The highest BCUT2D eigenvalue weighted by molar-refractivity contribution is 5.89. The Morgan fingerprint density at radius 1 is 1.25 bits per heavy atom. The molecule has 0 amide bonds. The summed E-state index contributed by atoms with van der Waals surface area (Å²) in [5.74, 6) is 6.53. The summed E-state index contributed by atoms with van der Waals surface area (Å²) in [6, 6.07) is 9.22. The Morgan fingerprint density at radius 2 is 1.97 bits per heavy atom. The van der Waals surface area contributed by atoms with E-state index in [1.165, 1.54) is 0 Å². The van der Waals surface area contributed by atoms with Crippen molar-refractivity contribution >= 4 is 5.97 Å². The maximum atomic E-state index is 12.7. The molecule has 176 valence electrons. The second kappa shape index (κ2) is 10.4. The normalized spacial score (nSPS) is 29.4. The lowest BCUT2D eigenvalue weighted by molar-refractivity contribution is -0.0879. The van der Waals surface area contributed by atoms with E-state index in [-0.39, 0.29) is 30.2 Å². The molecule has 2 aliphatic carbocycles. The zero-order chi connectivity index (χ0) is 23.4. The molecule has 1 N–H and O–H groups in total. The predicted octanol–water partition coefficient (Wildman–Crippen LogP) is 4.83. The molecule has 0 unspecified atom stereocenters. The zero-order valence-electron chi connectivity index (χ0n) is 20.1. The van der Waals surface area contributed by atoms with Crippen LogP contribution in [0.5, 0.6) is 0 Å². The summed E-state index contributed by atoms with van der Waals surface area (Å²) in [6.45, 7) is 8.32. The van der Waals surface area contributed by atoms with Crippen LogP contribution < -0.4 is 0 Å². The van der Waals surface area contributed by atoms with Gasteiger partial charge < -0.3 is 19.3 Å². The van der Waals surface area contributed by atoms with Crippen LogP contribution in [0.25, 0.3) is 0 Å². The van der Waals surface area contributed by atoms with Gasteiger partial charge in [0.2, 0.25) is 0 Å². The second-order valence-electron chi connectivity index (χ2n) is 10.1. The number of fused-ring (bicyclic) bond motifs is 1. The average Bonchev–Trinajstić information content (AvgIpc) is 3.14. The third-order valence-corrected chi connectivity index (χ3v) is 7.59. The van der Waals surface area contributed by atoms with Crippen LogP contribution in [0.1, 0.15) is 70.2 Å². The SMILES string of the molecule is COCOC(C)(C)C#C[C@H](O)[C@@H](C)[C@@H]1CC[C@H]2[C@@H](OC(=O)c3ccccc3)CCC[C@]12C. The Kier molecular flexibility index (Phi) is 8.03. The van der Waals surface area contributed by atoms with Gasteiger partial charge in [0.05, 0.1) is 5.56 Å². The Morgan fingerprint density at radius 3 is 2.66 bits per heavy atom. The molecule has 2 saturated carbocycles. The highest BCUT2D eigenvalue weighted by Crippen LogP contribution is 2.58. The Hall–Kier alpha value is -1.87. The number of hydrogen-bond donors (Lipinski definition) is 1. The first kappa shape index (κ1) is 24.8. The maximum Gasteiger partial charge on any atom is 0.338 e. The molecule has 2 fully saturated rings. The summed E-state index contributed by atoms with van der Waals surface area (Å²) in [4.78, 5) is 12.7. The molecule has 6 atom stereocenters. The first-order chi connectivity index (χ1) is 15.2. The van der Waals surface area contributed by atoms with Crippen molar-refractivity contribution in [3.8, 4) is 11.8 Å². The van der Waals surface area contributed by atoms with Crippen molar-refractivity contribution in [3.05, 3.63) is 35.9 Å². The second-order valence-corrected chi connectivity index (χ2v) is 10.1. The number of aliphatic hydroxyl groups is 1. The monoisotopic (exact) mass is 442 g/mol. The van der Waals surface area contributed by atoms with E-state index in [1.54, 1.807) is 19.2 Å². The summed E-state index contributed by atoms with van der Waals surface area (Å²) in [5, 5.41) is 10.9. The van der Waals surface area contributed by atoms with E-state index in [1.807, 2.05) is 32.0 Å². The highest BCUT2D eigenvalue weighted by Gasteiger charge is 2.54. The third-order valence-electron chi connectivity index (χ3n) is 7.59. The van der Waals surface area contributed by atoms with Gasteiger partial charge in [-0.2, -0.15) is 0 Å². The van der Waals surface area contributed by atoms with Crippen LogP contribution >= 0.6 is 0 Å². The Bertz CT molecular complexity index is 823. The van der Waals surface area contributed by atoms with Crippen molar-refractivity contribution in [1.82, 2.24) is 0 Å². The number of rotatable bonds is 7. The molecule has 1 aromatic rings. The molecular formula is C27H38O5. The van der Waals surface area contributed by atoms with Gasteiger partial charge in [-0.1, -0.05) is 43.9 Å². The molecule has 0 bridgehead atoms. The van der Waals surface area contributed by atoms with Gasteiger partial charge in [-0.05, 0) is 75.3 Å². The number of hydrogen-bond acceptors (Lipinski definition) is 5. The Labute approximate surface area is 192 Å². The molecule has 32 heavy (non-hydrogen) atoms. The van der Waals surface area contributed by atoms with Crippen LogP contribution in [0, 0.1) is 35.0 Å². The van der Waals surface area contributed by atoms with Gasteiger partial charge >= 0.3 is 5.97 Å². The number of benzene rings is 1. The first-order valence-corrected chi connectivity index (χ1v) is 11.8. The molecule has 1 aromatic carbocycles. The van der Waals surface area contributed by atoms with E-state index in [2.05, 4.69) is 25.7 Å². The van der Waals surface area contributed by atoms with Crippen molar-refractivity contribution in [2.75, 3.05) is 13.9 Å². The fraction of sp³-hybridized carbons (Fsp3) is 0.667. The average molecular weight is 443 g/mol. The highest BCUT2D eigenvalue weighted by atomic mass is 16.7. The summed E-state index contributed by atoms with van der Waals surface area (Å²) in [6.07, 6.45) is 4.27. The van der Waals surface area contributed by atoms with Crippen LogP contribution in [0.3, 0.4) is 0 Å². The van der Waals surface area contributed by atoms with E-state index < -0.39 is 11.7 Å². The summed E-state index contributed by atoms with van der Waals surface area (Å²) in [7, 11) is 1.58. The first-order valence-electron chi connectivity index (χ1n) is 11.8. The van der Waals surface area contributed by atoms with Crippen LogP contribution in [0.15, 0.2) is 30.3 Å². The lowest BCUT2D eigenvalue weighted by Crippen LogP contribution is -2.44. The largest absolute Gasteiger partial charge is 0.458 e. The maximum absolute atomic E-state index is 12.7. The number of esters is 1. The summed E-state index contributed by atoms with van der Waals surface area (Å²) in [5.41, 5.74) is -0.0450. The van der Waals surface area contributed by atoms with Gasteiger partial charge in [0.15, 0.2) is 0 Å². The summed E-state index contributed by atoms with van der Waals surface area (Å²) < 4.78 is 16.6. The van der Waals surface area contributed by atoms with Gasteiger partial charge in [-0.15, -0.1) is 0 Å². The fourth-order valence-electron chi connectivity index (χ4n) is 5.79. The lowest BCUT2D eigenvalue weighted by atomic mass is 9.61. The standard InChI is InChI=1S/C27H38O5/c1-19(23(28)15-17-26(2,3)31-18-30-5)21-13-14-22-24(12-9-16-27(21,22)4)32-25(29)20-10-7-6-8-11-20/h6-8,10-11,19,21-24,28H,9,12-14,16,18H2,1-5H3/t19-,21-,22-,23-,24-,27+/m0/s1. The fourth-order valence-corrected chi connectivity index (χ4v) is 5.79. The predicted molar refractivity (Wildman–Crippen MR) is 124 cm³/mol. The van der Waals surface area contributed by atoms with Gasteiger partial charge in [0.1, 0.15) is 24.6 Å². The molecule has 0 aromatic heterocycles. The van der Waals surface area contributed by atoms with Crippen molar-refractivity contribution in [3.63, 3.8) is 0 Å². The molecule has 0 saturated heterocycles. The summed E-state index contributed by atoms with van der Waals surface area (Å²) >= 11 is 0. The van der Waals surface area contributed by atoms with Crippen molar-refractivity contribution in [2.24, 2.45) is 23.2 Å². The molecule has 3 rings (SSSR count). The molecule has 5 heteroatoms. The number of ether oxygens (including phenoxy) is 3. The van der Waals surface area contributed by atoms with Gasteiger partial charge in [-0.3, -0.25) is 0 Å². The zero-order valence-corrected chi connectivity index (χ0v) is 20.1. The van der Waals surface area contributed by atoms with Crippen molar-refractivity contribution in [1.29, 1.82) is 0 Å². The smallest absolute Gasteiger partial charge is 0.338 e. The number of aliphatic hydroxyl groups excluding tert-OH is 1. The van der Waals surface area contributed by atoms with Crippen molar-refractivity contribution in [2.45, 2.75) is 77.6 Å². The van der Waals surface area contributed by atoms with Crippen LogP contribution in [0.4, 0.5) is 0 Å². The molecule has 0 aliphatic heterocycles. The molecule has 0 heterocycles. The van der Waals surface area contributed by atoms with Crippen LogP contribution in [-0.4, -0.2) is 42.8 Å². The lowest BCUT2D eigenvalue weighted by Gasteiger charge is -2.46. The van der Waals surface area contributed by atoms with E-state index in [4.69, 9.17) is 14.2 Å². The van der Waals surface area contributed by atoms with Crippen LogP contribution in [0.2, 0.25) is 0 Å². The molecule has 0 radical (unpaired) electrons. The minimum atomic E-state index is -0.728. The van der Waals surface area contributed by atoms with Gasteiger partial charge in [0.25, 0.3) is 0 Å².